The molecule has 2 nitrogen and oxygen atoms in total. The first-order chi connectivity index (χ1) is 13.2. The van der Waals surface area contributed by atoms with E-state index in [2.05, 4.69) is 73.2 Å². The summed E-state index contributed by atoms with van der Waals surface area (Å²) in [5, 5.41) is 1.20. The highest BCUT2D eigenvalue weighted by atomic mass is 32.2. The topological polar surface area (TPSA) is 24.9 Å². The standard InChI is InChI=1S/C23H26N2S2/c1-3-26-25-21-12-13-22-23(24-16(2)27-22)20(21)15-17-8-7-11-19(14-17)18-9-5-4-6-10-18/h4-11,14,20-21,25H,3,12-13,15H2,1-2H3. The van der Waals surface area contributed by atoms with Crippen molar-refractivity contribution in [1.82, 2.24) is 9.71 Å². The lowest BCUT2D eigenvalue weighted by molar-refractivity contribution is 0.440. The van der Waals surface area contributed by atoms with Crippen molar-refractivity contribution >= 4 is 23.3 Å². The molecule has 1 aliphatic carbocycles. The number of hydrogen-bond acceptors (Lipinski definition) is 4. The summed E-state index contributed by atoms with van der Waals surface area (Å²) in [7, 11) is 0. The SMILES string of the molecule is CCSNC1CCc2sc(C)nc2C1Cc1cccc(-c2ccccc2)c1. The number of nitrogens with zero attached hydrogens (tertiary/aromatic N) is 1. The van der Waals surface area contributed by atoms with Gasteiger partial charge in [0.1, 0.15) is 0 Å². The Kier molecular flexibility index (Phi) is 5.96. The molecule has 2 aromatic carbocycles. The fourth-order valence-electron chi connectivity index (χ4n) is 3.97. The van der Waals surface area contributed by atoms with Crippen molar-refractivity contribution in [2.75, 3.05) is 5.75 Å². The monoisotopic (exact) mass is 394 g/mol. The molecule has 0 radical (unpaired) electrons. The zero-order valence-corrected chi connectivity index (χ0v) is 17.6. The normalized spacial score (nSPS) is 19.0. The molecule has 0 bridgehead atoms. The van der Waals surface area contributed by atoms with Crippen LogP contribution in [0.25, 0.3) is 11.1 Å². The number of aromatic nitrogens is 1. The van der Waals surface area contributed by atoms with E-state index in [-0.39, 0.29) is 0 Å². The largest absolute Gasteiger partial charge is 0.260 e. The second kappa shape index (κ2) is 8.59. The Morgan fingerprint density at radius 1 is 1.11 bits per heavy atom. The van der Waals surface area contributed by atoms with Gasteiger partial charge in [-0.2, -0.15) is 0 Å². The minimum Gasteiger partial charge on any atom is -0.260 e. The van der Waals surface area contributed by atoms with Crippen LogP contribution in [0.3, 0.4) is 0 Å². The molecule has 3 aromatic rings. The Morgan fingerprint density at radius 3 is 2.74 bits per heavy atom. The summed E-state index contributed by atoms with van der Waals surface area (Å²) in [4.78, 5) is 6.43. The van der Waals surface area contributed by atoms with Gasteiger partial charge in [-0.3, -0.25) is 4.72 Å². The van der Waals surface area contributed by atoms with Crippen molar-refractivity contribution in [3.8, 4) is 11.1 Å². The molecule has 0 fully saturated rings. The van der Waals surface area contributed by atoms with Crippen LogP contribution in [-0.2, 0) is 12.8 Å². The van der Waals surface area contributed by atoms with Crippen molar-refractivity contribution in [1.29, 1.82) is 0 Å². The van der Waals surface area contributed by atoms with E-state index in [1.807, 2.05) is 23.3 Å². The van der Waals surface area contributed by atoms with Crippen LogP contribution in [0.5, 0.6) is 0 Å². The van der Waals surface area contributed by atoms with Crippen molar-refractivity contribution in [3.63, 3.8) is 0 Å². The van der Waals surface area contributed by atoms with E-state index in [1.54, 1.807) is 0 Å². The van der Waals surface area contributed by atoms with Crippen molar-refractivity contribution in [3.05, 3.63) is 75.7 Å². The van der Waals surface area contributed by atoms with E-state index in [4.69, 9.17) is 4.98 Å². The molecule has 1 aliphatic rings. The number of nitrogens with one attached hydrogen (secondary N) is 1. The third-order valence-corrected chi connectivity index (χ3v) is 7.03. The highest BCUT2D eigenvalue weighted by molar-refractivity contribution is 7.97. The minimum absolute atomic E-state index is 0.448. The highest BCUT2D eigenvalue weighted by Crippen LogP contribution is 2.38. The van der Waals surface area contributed by atoms with Gasteiger partial charge in [0.15, 0.2) is 0 Å². The molecule has 27 heavy (non-hydrogen) atoms. The van der Waals surface area contributed by atoms with Crippen LogP contribution in [0.15, 0.2) is 54.6 Å². The number of hydrogen-bond donors (Lipinski definition) is 1. The summed E-state index contributed by atoms with van der Waals surface area (Å²) in [5.74, 6) is 1.54. The Morgan fingerprint density at radius 2 is 1.93 bits per heavy atom. The van der Waals surface area contributed by atoms with Gasteiger partial charge in [-0.15, -0.1) is 11.3 Å². The molecular weight excluding hydrogens is 368 g/mol. The molecule has 0 saturated carbocycles. The lowest BCUT2D eigenvalue weighted by Gasteiger charge is -2.31. The van der Waals surface area contributed by atoms with Crippen LogP contribution in [0.2, 0.25) is 0 Å². The lowest BCUT2D eigenvalue weighted by Crippen LogP contribution is -2.36. The average Bonchev–Trinajstić information content (AvgIpc) is 3.09. The molecule has 1 aromatic heterocycles. The van der Waals surface area contributed by atoms with Crippen LogP contribution in [-0.4, -0.2) is 16.8 Å². The van der Waals surface area contributed by atoms with Crippen LogP contribution in [0, 0.1) is 6.92 Å². The molecule has 0 spiro atoms. The zero-order valence-electron chi connectivity index (χ0n) is 15.9. The van der Waals surface area contributed by atoms with Gasteiger partial charge in [0.2, 0.25) is 0 Å². The molecule has 4 rings (SSSR count). The fraction of sp³-hybridized carbons (Fsp3) is 0.348. The summed E-state index contributed by atoms with van der Waals surface area (Å²) in [6, 6.07) is 20.2. The van der Waals surface area contributed by atoms with Crippen LogP contribution >= 0.6 is 23.3 Å². The van der Waals surface area contributed by atoms with Gasteiger partial charge < -0.3 is 0 Å². The van der Waals surface area contributed by atoms with Gasteiger partial charge in [0.25, 0.3) is 0 Å². The summed E-state index contributed by atoms with van der Waals surface area (Å²) >= 11 is 3.72. The molecule has 1 heterocycles. The number of rotatable bonds is 6. The molecule has 140 valence electrons. The van der Waals surface area contributed by atoms with Gasteiger partial charge in [0, 0.05) is 22.6 Å². The maximum atomic E-state index is 4.94. The smallest absolute Gasteiger partial charge is 0.0900 e. The summed E-state index contributed by atoms with van der Waals surface area (Å²) in [6.45, 7) is 4.34. The van der Waals surface area contributed by atoms with E-state index in [1.165, 1.54) is 38.7 Å². The first kappa shape index (κ1) is 18.7. The number of thiazole rings is 1. The molecule has 2 unspecified atom stereocenters. The number of benzene rings is 2. The second-order valence-corrected chi connectivity index (χ2v) is 9.50. The molecule has 4 heteroatoms. The summed E-state index contributed by atoms with van der Waals surface area (Å²) in [6.07, 6.45) is 3.40. The zero-order chi connectivity index (χ0) is 18.6. The van der Waals surface area contributed by atoms with Crippen molar-refractivity contribution < 1.29 is 0 Å². The first-order valence-electron chi connectivity index (χ1n) is 9.72. The van der Waals surface area contributed by atoms with Gasteiger partial charge in [-0.05, 0) is 42.9 Å². The predicted molar refractivity (Wildman–Crippen MR) is 119 cm³/mol. The maximum absolute atomic E-state index is 4.94. The maximum Gasteiger partial charge on any atom is 0.0900 e. The quantitative estimate of drug-likeness (QED) is 0.518. The number of fused-ring (bicyclic) bond motifs is 1. The Bertz CT molecular complexity index is 888. The molecule has 2 atom stereocenters. The molecule has 0 amide bonds. The lowest BCUT2D eigenvalue weighted by atomic mass is 9.82. The van der Waals surface area contributed by atoms with Gasteiger partial charge in [-0.25, -0.2) is 4.98 Å². The predicted octanol–water partition coefficient (Wildman–Crippen LogP) is 6.02. The van der Waals surface area contributed by atoms with Gasteiger partial charge in [-0.1, -0.05) is 73.5 Å². The fourth-order valence-corrected chi connectivity index (χ4v) is 5.65. The van der Waals surface area contributed by atoms with Gasteiger partial charge >= 0.3 is 0 Å². The third-order valence-electron chi connectivity index (χ3n) is 5.22. The first-order valence-corrected chi connectivity index (χ1v) is 11.5. The van der Waals surface area contributed by atoms with E-state index in [0.29, 0.717) is 12.0 Å². The minimum atomic E-state index is 0.448. The molecule has 1 N–H and O–H groups in total. The average molecular weight is 395 g/mol. The number of aryl methyl sites for hydroxylation is 2. The Hall–Kier alpha value is -1.62. The van der Waals surface area contributed by atoms with Crippen LogP contribution in [0.1, 0.15) is 40.4 Å². The Labute approximate surface area is 170 Å². The van der Waals surface area contributed by atoms with Crippen LogP contribution in [0.4, 0.5) is 0 Å². The molecule has 0 saturated heterocycles. The summed E-state index contributed by atoms with van der Waals surface area (Å²) in [5.41, 5.74) is 5.31. The third kappa shape index (κ3) is 4.29. The Balaban J connectivity index is 1.62. The van der Waals surface area contributed by atoms with E-state index < -0.39 is 0 Å². The highest BCUT2D eigenvalue weighted by Gasteiger charge is 2.32. The van der Waals surface area contributed by atoms with E-state index in [0.717, 1.165) is 18.6 Å². The van der Waals surface area contributed by atoms with Crippen LogP contribution < -0.4 is 4.72 Å². The summed E-state index contributed by atoms with van der Waals surface area (Å²) < 4.78 is 3.72. The molecule has 0 aliphatic heterocycles. The van der Waals surface area contributed by atoms with Crippen molar-refractivity contribution in [2.45, 2.75) is 45.1 Å². The second-order valence-electron chi connectivity index (χ2n) is 7.11. The van der Waals surface area contributed by atoms with E-state index in [9.17, 15) is 0 Å². The van der Waals surface area contributed by atoms with E-state index >= 15 is 0 Å². The van der Waals surface area contributed by atoms with Gasteiger partial charge in [0.05, 0.1) is 10.7 Å². The van der Waals surface area contributed by atoms with Crippen molar-refractivity contribution in [2.24, 2.45) is 0 Å². The molecular formula is C23H26N2S2.